The van der Waals surface area contributed by atoms with Crippen LogP contribution >= 0.6 is 0 Å². The molecule has 0 saturated heterocycles. The number of carbonyl (C=O) groups excluding carboxylic acids is 1. The van der Waals surface area contributed by atoms with E-state index in [2.05, 4.69) is 15.3 Å². The van der Waals surface area contributed by atoms with Crippen LogP contribution in [-0.4, -0.2) is 48.3 Å². The van der Waals surface area contributed by atoms with Gasteiger partial charge in [-0.15, -0.1) is 0 Å². The number of aryl methyl sites for hydroxylation is 1. The maximum atomic E-state index is 12.7. The molecule has 0 aliphatic heterocycles. The van der Waals surface area contributed by atoms with Gasteiger partial charge in [-0.3, -0.25) is 4.79 Å². The molecule has 6 nitrogen and oxygen atoms in total. The molecule has 30 heavy (non-hydrogen) atoms. The van der Waals surface area contributed by atoms with Crippen LogP contribution < -0.4 is 10.1 Å². The second-order valence-electron chi connectivity index (χ2n) is 7.63. The van der Waals surface area contributed by atoms with Crippen LogP contribution in [0.4, 0.5) is 0 Å². The molecule has 0 bridgehead atoms. The molecule has 0 saturated carbocycles. The highest BCUT2D eigenvalue weighted by Gasteiger charge is 2.19. The highest BCUT2D eigenvalue weighted by Crippen LogP contribution is 2.21. The first-order chi connectivity index (χ1) is 14.4. The second kappa shape index (κ2) is 9.59. The average molecular weight is 407 g/mol. The molecule has 1 aromatic heterocycles. The van der Waals surface area contributed by atoms with Crippen molar-refractivity contribution >= 4 is 5.91 Å². The van der Waals surface area contributed by atoms with Crippen molar-refractivity contribution in [1.29, 1.82) is 0 Å². The number of ether oxygens (including phenoxy) is 1. The van der Waals surface area contributed by atoms with Gasteiger partial charge in [0.15, 0.2) is 0 Å². The number of rotatable bonds is 8. The summed E-state index contributed by atoms with van der Waals surface area (Å²) in [6.45, 7) is 4.49. The number of amides is 1. The number of benzene rings is 2. The predicted octanol–water partition coefficient (Wildman–Crippen LogP) is 3.46. The Morgan fingerprint density at radius 2 is 1.77 bits per heavy atom. The Morgan fingerprint density at radius 1 is 1.10 bits per heavy atom. The van der Waals surface area contributed by atoms with Crippen molar-refractivity contribution in [3.05, 3.63) is 77.1 Å². The minimum Gasteiger partial charge on any atom is -0.497 e. The number of carbonyl (C=O) groups is 1. The number of methoxy groups -OCH3 is 1. The van der Waals surface area contributed by atoms with Crippen LogP contribution in [0.2, 0.25) is 0 Å². The van der Waals surface area contributed by atoms with E-state index in [1.807, 2.05) is 87.2 Å². The van der Waals surface area contributed by atoms with Gasteiger partial charge in [0, 0.05) is 17.8 Å². The third-order valence-corrected chi connectivity index (χ3v) is 5.40. The third kappa shape index (κ3) is 4.89. The topological polar surface area (TPSA) is 59.4 Å². The predicted molar refractivity (Wildman–Crippen MR) is 119 cm³/mol. The molecule has 1 atom stereocenters. The number of nitrogens with zero attached hydrogens (tertiary/aromatic N) is 3. The van der Waals surface area contributed by atoms with Gasteiger partial charge in [-0.05, 0) is 57.8 Å². The lowest BCUT2D eigenvalue weighted by Gasteiger charge is -2.25. The van der Waals surface area contributed by atoms with Crippen molar-refractivity contribution in [2.75, 3.05) is 27.7 Å². The number of hydrogen-bond donors (Lipinski definition) is 1. The number of para-hydroxylation sites is 1. The molecule has 3 rings (SSSR count). The molecule has 3 aromatic rings. The molecular formula is C24H30N4O2. The summed E-state index contributed by atoms with van der Waals surface area (Å²) >= 11 is 0. The van der Waals surface area contributed by atoms with Crippen molar-refractivity contribution in [2.24, 2.45) is 0 Å². The van der Waals surface area contributed by atoms with Crippen LogP contribution in [-0.2, 0) is 11.2 Å². The van der Waals surface area contributed by atoms with E-state index in [0.29, 0.717) is 13.0 Å². The largest absolute Gasteiger partial charge is 0.497 e. The van der Waals surface area contributed by atoms with Gasteiger partial charge in [0.05, 0.1) is 31.0 Å². The van der Waals surface area contributed by atoms with Gasteiger partial charge in [-0.2, -0.15) is 5.10 Å². The van der Waals surface area contributed by atoms with E-state index in [9.17, 15) is 4.79 Å². The number of nitrogens with one attached hydrogen (secondary N) is 1. The Kier molecular flexibility index (Phi) is 6.90. The lowest BCUT2D eigenvalue weighted by atomic mass is 10.1. The Balaban J connectivity index is 1.68. The Bertz CT molecular complexity index is 978. The van der Waals surface area contributed by atoms with Crippen molar-refractivity contribution < 1.29 is 9.53 Å². The van der Waals surface area contributed by atoms with E-state index in [-0.39, 0.29) is 11.9 Å². The average Bonchev–Trinajstić information content (AvgIpc) is 3.03. The lowest BCUT2D eigenvalue weighted by Crippen LogP contribution is -2.35. The molecule has 158 valence electrons. The Labute approximate surface area is 178 Å². The van der Waals surface area contributed by atoms with E-state index >= 15 is 0 Å². The van der Waals surface area contributed by atoms with E-state index in [1.54, 1.807) is 7.11 Å². The van der Waals surface area contributed by atoms with Crippen molar-refractivity contribution in [1.82, 2.24) is 20.0 Å². The van der Waals surface area contributed by atoms with Gasteiger partial charge >= 0.3 is 0 Å². The zero-order chi connectivity index (χ0) is 21.7. The van der Waals surface area contributed by atoms with Crippen LogP contribution in [0.15, 0.2) is 54.6 Å². The summed E-state index contributed by atoms with van der Waals surface area (Å²) in [6.07, 6.45) is 0.313. The molecule has 2 aromatic carbocycles. The summed E-state index contributed by atoms with van der Waals surface area (Å²) in [5.41, 5.74) is 4.98. The minimum absolute atomic E-state index is 0.00540. The molecule has 0 aliphatic rings. The number of hydrogen-bond acceptors (Lipinski definition) is 4. The maximum Gasteiger partial charge on any atom is 0.224 e. The Hall–Kier alpha value is -3.12. The summed E-state index contributed by atoms with van der Waals surface area (Å²) in [7, 11) is 5.68. The highest BCUT2D eigenvalue weighted by molar-refractivity contribution is 5.79. The zero-order valence-electron chi connectivity index (χ0n) is 18.3. The minimum atomic E-state index is -0.00540. The lowest BCUT2D eigenvalue weighted by molar-refractivity contribution is -0.120. The number of likely N-dealkylation sites (N-methyl/N-ethyl adjacent to an activating group) is 1. The van der Waals surface area contributed by atoms with E-state index in [1.165, 1.54) is 0 Å². The smallest absolute Gasteiger partial charge is 0.224 e. The fraction of sp³-hybridized carbons (Fsp3) is 0.333. The molecule has 0 fully saturated rings. The molecule has 0 aliphatic carbocycles. The van der Waals surface area contributed by atoms with Crippen molar-refractivity contribution in [3.8, 4) is 11.4 Å². The van der Waals surface area contributed by atoms with Gasteiger partial charge < -0.3 is 15.0 Å². The SMILES string of the molecule is COc1ccc(C(CNC(=O)Cc2c(C)nn(-c3ccccc3)c2C)N(C)C)cc1. The van der Waals surface area contributed by atoms with Gasteiger partial charge in [-0.25, -0.2) is 4.68 Å². The number of aromatic nitrogens is 2. The fourth-order valence-corrected chi connectivity index (χ4v) is 3.61. The first kappa shape index (κ1) is 21.6. The summed E-state index contributed by atoms with van der Waals surface area (Å²) in [5.74, 6) is 0.816. The van der Waals surface area contributed by atoms with E-state index in [0.717, 1.165) is 34.0 Å². The summed E-state index contributed by atoms with van der Waals surface area (Å²) in [5, 5.41) is 7.73. The maximum absolute atomic E-state index is 12.7. The van der Waals surface area contributed by atoms with E-state index < -0.39 is 0 Å². The highest BCUT2D eigenvalue weighted by atomic mass is 16.5. The molecule has 6 heteroatoms. The van der Waals surface area contributed by atoms with Crippen molar-refractivity contribution in [3.63, 3.8) is 0 Å². The first-order valence-corrected chi connectivity index (χ1v) is 10.1. The second-order valence-corrected chi connectivity index (χ2v) is 7.63. The quantitative estimate of drug-likeness (QED) is 0.622. The summed E-state index contributed by atoms with van der Waals surface area (Å²) in [6, 6.07) is 18.0. The standard InChI is InChI=1S/C24H30N4O2/c1-17-22(18(2)28(26-17)20-9-7-6-8-10-20)15-24(29)25-16-23(27(3)4)19-11-13-21(30-5)14-12-19/h6-14,23H,15-16H2,1-5H3,(H,25,29). The van der Waals surface area contributed by atoms with Gasteiger partial charge in [-0.1, -0.05) is 30.3 Å². The fourth-order valence-electron chi connectivity index (χ4n) is 3.61. The summed E-state index contributed by atoms with van der Waals surface area (Å²) < 4.78 is 7.14. The monoisotopic (exact) mass is 406 g/mol. The molecule has 0 spiro atoms. The third-order valence-electron chi connectivity index (χ3n) is 5.40. The molecule has 1 heterocycles. The molecule has 1 N–H and O–H groups in total. The zero-order valence-corrected chi connectivity index (χ0v) is 18.3. The van der Waals surface area contributed by atoms with Crippen LogP contribution in [0.3, 0.4) is 0 Å². The molecule has 1 amide bonds. The van der Waals surface area contributed by atoms with Crippen LogP contribution in [0.25, 0.3) is 5.69 Å². The first-order valence-electron chi connectivity index (χ1n) is 10.1. The Morgan fingerprint density at radius 3 is 2.37 bits per heavy atom. The van der Waals surface area contributed by atoms with Crippen LogP contribution in [0.5, 0.6) is 5.75 Å². The van der Waals surface area contributed by atoms with Gasteiger partial charge in [0.1, 0.15) is 5.75 Å². The molecular weight excluding hydrogens is 376 g/mol. The normalized spacial score (nSPS) is 12.1. The van der Waals surface area contributed by atoms with Gasteiger partial charge in [0.25, 0.3) is 0 Å². The van der Waals surface area contributed by atoms with Crippen molar-refractivity contribution in [2.45, 2.75) is 26.3 Å². The molecule has 0 radical (unpaired) electrons. The molecule has 1 unspecified atom stereocenters. The van der Waals surface area contributed by atoms with Crippen LogP contribution in [0.1, 0.15) is 28.6 Å². The summed E-state index contributed by atoms with van der Waals surface area (Å²) in [4.78, 5) is 14.8. The van der Waals surface area contributed by atoms with Gasteiger partial charge in [0.2, 0.25) is 5.91 Å². The van der Waals surface area contributed by atoms with Crippen LogP contribution in [0, 0.1) is 13.8 Å². The van der Waals surface area contributed by atoms with E-state index in [4.69, 9.17) is 4.74 Å².